The van der Waals surface area contributed by atoms with Crippen LogP contribution < -0.4 is 5.32 Å². The van der Waals surface area contributed by atoms with Gasteiger partial charge in [-0.1, -0.05) is 0 Å². The summed E-state index contributed by atoms with van der Waals surface area (Å²) in [6.07, 6.45) is 0. The number of urea groups is 1. The Morgan fingerprint density at radius 1 is 1.38 bits per heavy atom. The van der Waals surface area contributed by atoms with E-state index < -0.39 is 17.8 Å². The molecule has 1 heterocycles. The Morgan fingerprint density at radius 3 is 2.54 bits per heavy atom. The molecule has 1 aliphatic rings. The molecule has 6 heteroatoms. The number of hydrogen-bond acceptors (Lipinski definition) is 4. The maximum Gasteiger partial charge on any atom is 0.331 e. The van der Waals surface area contributed by atoms with Crippen molar-refractivity contribution in [1.29, 1.82) is 0 Å². The minimum Gasteiger partial charge on any atom is -0.380 e. The molecule has 1 fully saturated rings. The Labute approximate surface area is 74.8 Å². The number of carbonyl (C=O) groups excluding carboxylic acids is 3. The van der Waals surface area contributed by atoms with Crippen LogP contribution in [0.2, 0.25) is 0 Å². The quantitative estimate of drug-likeness (QED) is 0.351. The summed E-state index contributed by atoms with van der Waals surface area (Å²) in [5, 5.41) is 1.89. The number of rotatable bonds is 4. The van der Waals surface area contributed by atoms with Gasteiger partial charge in [0.15, 0.2) is 0 Å². The predicted octanol–water partition coefficient (Wildman–Crippen LogP) is -0.899. The molecule has 0 aliphatic carbocycles. The molecule has 13 heavy (non-hydrogen) atoms. The zero-order valence-corrected chi connectivity index (χ0v) is 7.20. The van der Waals surface area contributed by atoms with Crippen molar-refractivity contribution in [1.82, 2.24) is 10.2 Å². The number of ether oxygens (including phenoxy) is 1. The lowest BCUT2D eigenvalue weighted by Crippen LogP contribution is -2.34. The minimum atomic E-state index is -0.874. The second-order valence-corrected chi connectivity index (χ2v) is 2.41. The van der Waals surface area contributed by atoms with Gasteiger partial charge in [0.05, 0.1) is 13.2 Å². The summed E-state index contributed by atoms with van der Waals surface area (Å²) in [5.74, 6) is -1.69. The molecule has 0 aromatic carbocycles. The van der Waals surface area contributed by atoms with Crippen molar-refractivity contribution in [3.05, 3.63) is 0 Å². The van der Waals surface area contributed by atoms with Crippen LogP contribution in [0.4, 0.5) is 4.79 Å². The van der Waals surface area contributed by atoms with E-state index in [1.54, 1.807) is 6.92 Å². The highest BCUT2D eigenvalue weighted by Crippen LogP contribution is 1.99. The summed E-state index contributed by atoms with van der Waals surface area (Å²) in [5.41, 5.74) is 0. The fraction of sp³-hybridized carbons (Fsp3) is 0.571. The fourth-order valence-corrected chi connectivity index (χ4v) is 0.936. The van der Waals surface area contributed by atoms with Crippen LogP contribution in [-0.2, 0) is 14.3 Å². The molecule has 0 bridgehead atoms. The molecule has 0 spiro atoms. The molecular formula is C7H10N2O4. The largest absolute Gasteiger partial charge is 0.380 e. The van der Waals surface area contributed by atoms with E-state index >= 15 is 0 Å². The number of amides is 4. The summed E-state index contributed by atoms with van der Waals surface area (Å²) < 4.78 is 4.94. The molecule has 0 saturated carbocycles. The maximum atomic E-state index is 10.9. The Kier molecular flexibility index (Phi) is 2.97. The van der Waals surface area contributed by atoms with Crippen LogP contribution in [0.1, 0.15) is 6.92 Å². The molecule has 1 aliphatic heterocycles. The van der Waals surface area contributed by atoms with E-state index in [9.17, 15) is 14.4 Å². The molecule has 0 aromatic heterocycles. The van der Waals surface area contributed by atoms with Gasteiger partial charge < -0.3 is 4.74 Å². The first-order valence-corrected chi connectivity index (χ1v) is 3.91. The monoisotopic (exact) mass is 186 g/mol. The normalized spacial score (nSPS) is 16.7. The maximum absolute atomic E-state index is 10.9. The molecule has 72 valence electrons. The minimum absolute atomic E-state index is 0.115. The highest BCUT2D eigenvalue weighted by molar-refractivity contribution is 6.44. The summed E-state index contributed by atoms with van der Waals surface area (Å²) in [6.45, 7) is 2.68. The van der Waals surface area contributed by atoms with Crippen LogP contribution in [-0.4, -0.2) is 42.5 Å². The van der Waals surface area contributed by atoms with Crippen LogP contribution >= 0.6 is 0 Å². The molecule has 0 radical (unpaired) electrons. The van der Waals surface area contributed by atoms with Crippen molar-refractivity contribution in [3.63, 3.8) is 0 Å². The molecule has 0 unspecified atom stereocenters. The van der Waals surface area contributed by atoms with E-state index in [-0.39, 0.29) is 13.2 Å². The first kappa shape index (κ1) is 9.66. The summed E-state index contributed by atoms with van der Waals surface area (Å²) in [6, 6.07) is -0.672. The van der Waals surface area contributed by atoms with Crippen LogP contribution in [0.25, 0.3) is 0 Å². The third-order valence-corrected chi connectivity index (χ3v) is 1.57. The molecule has 0 atom stereocenters. The predicted molar refractivity (Wildman–Crippen MR) is 41.7 cm³/mol. The smallest absolute Gasteiger partial charge is 0.331 e. The highest BCUT2D eigenvalue weighted by Gasteiger charge is 2.36. The number of hydrogen-bond donors (Lipinski definition) is 1. The molecule has 1 saturated heterocycles. The van der Waals surface area contributed by atoms with E-state index in [1.807, 2.05) is 5.32 Å². The van der Waals surface area contributed by atoms with Gasteiger partial charge in [-0.3, -0.25) is 19.8 Å². The van der Waals surface area contributed by atoms with Gasteiger partial charge >= 0.3 is 17.8 Å². The Balaban J connectivity index is 2.45. The molecule has 0 aromatic rings. The Morgan fingerprint density at radius 2 is 2.08 bits per heavy atom. The zero-order valence-electron chi connectivity index (χ0n) is 7.20. The number of imide groups is 2. The van der Waals surface area contributed by atoms with Gasteiger partial charge in [0.25, 0.3) is 0 Å². The standard InChI is InChI=1S/C7H10N2O4/c1-2-13-4-3-9-6(11)5(10)8-7(9)12/h2-4H2,1H3,(H,8,10,12). The van der Waals surface area contributed by atoms with Crippen molar-refractivity contribution < 1.29 is 19.1 Å². The van der Waals surface area contributed by atoms with Crippen molar-refractivity contribution in [2.24, 2.45) is 0 Å². The van der Waals surface area contributed by atoms with Crippen molar-refractivity contribution in [3.8, 4) is 0 Å². The van der Waals surface area contributed by atoms with Crippen molar-refractivity contribution in [2.45, 2.75) is 6.92 Å². The topological polar surface area (TPSA) is 75.7 Å². The summed E-state index contributed by atoms with van der Waals surface area (Å²) in [7, 11) is 0. The summed E-state index contributed by atoms with van der Waals surface area (Å²) >= 11 is 0. The van der Waals surface area contributed by atoms with E-state index in [0.29, 0.717) is 6.61 Å². The van der Waals surface area contributed by atoms with Crippen molar-refractivity contribution >= 4 is 17.8 Å². The van der Waals surface area contributed by atoms with E-state index in [1.165, 1.54) is 0 Å². The average Bonchev–Trinajstić information content (AvgIpc) is 2.32. The second kappa shape index (κ2) is 3.99. The average molecular weight is 186 g/mol. The zero-order chi connectivity index (χ0) is 9.84. The van der Waals surface area contributed by atoms with Gasteiger partial charge in [-0.25, -0.2) is 4.79 Å². The van der Waals surface area contributed by atoms with E-state index in [4.69, 9.17) is 4.74 Å². The lowest BCUT2D eigenvalue weighted by Gasteiger charge is -2.09. The molecule has 4 amide bonds. The second-order valence-electron chi connectivity index (χ2n) is 2.41. The molecular weight excluding hydrogens is 176 g/mol. The van der Waals surface area contributed by atoms with Gasteiger partial charge in [-0.05, 0) is 6.92 Å². The number of carbonyl (C=O) groups is 3. The highest BCUT2D eigenvalue weighted by atomic mass is 16.5. The third-order valence-electron chi connectivity index (χ3n) is 1.57. The first-order valence-electron chi connectivity index (χ1n) is 3.91. The molecule has 6 nitrogen and oxygen atoms in total. The van der Waals surface area contributed by atoms with Gasteiger partial charge in [0.2, 0.25) is 0 Å². The van der Waals surface area contributed by atoms with E-state index in [2.05, 4.69) is 0 Å². The molecule has 1 N–H and O–H groups in total. The first-order chi connectivity index (χ1) is 6.16. The van der Waals surface area contributed by atoms with Gasteiger partial charge in [0.1, 0.15) is 0 Å². The van der Waals surface area contributed by atoms with Crippen LogP contribution in [0, 0.1) is 0 Å². The van der Waals surface area contributed by atoms with Gasteiger partial charge in [-0.2, -0.15) is 0 Å². The number of nitrogens with zero attached hydrogens (tertiary/aromatic N) is 1. The van der Waals surface area contributed by atoms with Gasteiger partial charge in [0, 0.05) is 6.61 Å². The Hall–Kier alpha value is -1.43. The molecule has 1 rings (SSSR count). The van der Waals surface area contributed by atoms with Gasteiger partial charge in [-0.15, -0.1) is 0 Å². The van der Waals surface area contributed by atoms with Crippen molar-refractivity contribution in [2.75, 3.05) is 19.8 Å². The van der Waals surface area contributed by atoms with Crippen LogP contribution in [0.3, 0.4) is 0 Å². The van der Waals surface area contributed by atoms with Crippen LogP contribution in [0.15, 0.2) is 0 Å². The van der Waals surface area contributed by atoms with E-state index in [0.717, 1.165) is 4.90 Å². The SMILES string of the molecule is CCOCCN1C(=O)NC(=O)C1=O. The lowest BCUT2D eigenvalue weighted by molar-refractivity contribution is -0.140. The lowest BCUT2D eigenvalue weighted by atomic mass is 10.5. The summed E-state index contributed by atoms with van der Waals surface area (Å²) in [4.78, 5) is 33.3. The Bertz CT molecular complexity index is 251. The number of nitrogens with one attached hydrogen (secondary N) is 1. The van der Waals surface area contributed by atoms with Crippen LogP contribution in [0.5, 0.6) is 0 Å². The fourth-order valence-electron chi connectivity index (χ4n) is 0.936. The third kappa shape index (κ3) is 2.03.